The molecule has 0 N–H and O–H groups in total. The number of ether oxygens (including phenoxy) is 1. The number of para-hydroxylation sites is 1. The molecule has 2 aromatic carbocycles. The van der Waals surface area contributed by atoms with E-state index in [1.165, 1.54) is 6.26 Å². The minimum Gasteiger partial charge on any atom is -0.493 e. The summed E-state index contributed by atoms with van der Waals surface area (Å²) < 4.78 is 17.1. The standard InChI is InChI=1S/C21H18N2O4/c1-25-17-9-8-14(18-13-6-2-3-7-16(13)27-19(17)18)20-22-15(12-26-20)21(24)23-10-4-5-11-23/h2-3,6-9,12H,4-5,10-11H2,1H3. The highest BCUT2D eigenvalue weighted by Gasteiger charge is 2.24. The highest BCUT2D eigenvalue weighted by Crippen LogP contribution is 2.40. The van der Waals surface area contributed by atoms with E-state index < -0.39 is 0 Å². The Bertz CT molecular complexity index is 1150. The quantitative estimate of drug-likeness (QED) is 0.537. The lowest BCUT2D eigenvalue weighted by atomic mass is 10.1. The van der Waals surface area contributed by atoms with Crippen LogP contribution in [0.3, 0.4) is 0 Å². The Morgan fingerprint density at radius 1 is 1.15 bits per heavy atom. The van der Waals surface area contributed by atoms with Gasteiger partial charge in [0.1, 0.15) is 11.8 Å². The average Bonchev–Trinajstić information content (AvgIpc) is 3.46. The summed E-state index contributed by atoms with van der Waals surface area (Å²) in [4.78, 5) is 18.9. The molecule has 0 unspecified atom stereocenters. The molecule has 4 aromatic rings. The van der Waals surface area contributed by atoms with Crippen molar-refractivity contribution in [3.8, 4) is 17.2 Å². The molecular formula is C21H18N2O4. The second kappa shape index (κ2) is 6.16. The van der Waals surface area contributed by atoms with Crippen molar-refractivity contribution in [2.24, 2.45) is 0 Å². The number of benzene rings is 2. The molecule has 3 heterocycles. The third-order valence-corrected chi connectivity index (χ3v) is 5.06. The number of methoxy groups -OCH3 is 1. The summed E-state index contributed by atoms with van der Waals surface area (Å²) in [6, 6.07) is 11.5. The van der Waals surface area contributed by atoms with Gasteiger partial charge in [0.2, 0.25) is 5.89 Å². The van der Waals surface area contributed by atoms with Crippen molar-refractivity contribution in [3.05, 3.63) is 48.4 Å². The van der Waals surface area contributed by atoms with Crippen molar-refractivity contribution in [2.75, 3.05) is 20.2 Å². The number of carbonyl (C=O) groups excluding carboxylic acids is 1. The fourth-order valence-electron chi connectivity index (χ4n) is 3.72. The molecule has 1 fully saturated rings. The van der Waals surface area contributed by atoms with Gasteiger partial charge in [-0.1, -0.05) is 18.2 Å². The third kappa shape index (κ3) is 2.48. The molecule has 2 aromatic heterocycles. The molecule has 0 aliphatic carbocycles. The molecule has 6 nitrogen and oxygen atoms in total. The molecule has 1 saturated heterocycles. The van der Waals surface area contributed by atoms with Gasteiger partial charge in [-0.15, -0.1) is 0 Å². The summed E-state index contributed by atoms with van der Waals surface area (Å²) >= 11 is 0. The molecule has 0 spiro atoms. The maximum atomic E-state index is 12.6. The monoisotopic (exact) mass is 362 g/mol. The molecule has 1 aliphatic heterocycles. The van der Waals surface area contributed by atoms with E-state index in [0.717, 1.165) is 47.9 Å². The van der Waals surface area contributed by atoms with Gasteiger partial charge in [0.25, 0.3) is 5.91 Å². The van der Waals surface area contributed by atoms with E-state index in [-0.39, 0.29) is 5.91 Å². The van der Waals surface area contributed by atoms with Gasteiger partial charge >= 0.3 is 0 Å². The van der Waals surface area contributed by atoms with Gasteiger partial charge in [-0.05, 0) is 31.0 Å². The van der Waals surface area contributed by atoms with Gasteiger partial charge < -0.3 is 18.5 Å². The highest BCUT2D eigenvalue weighted by atomic mass is 16.5. The smallest absolute Gasteiger partial charge is 0.275 e. The summed E-state index contributed by atoms with van der Waals surface area (Å²) in [5, 5.41) is 1.82. The molecule has 5 rings (SSSR count). The Balaban J connectivity index is 1.66. The van der Waals surface area contributed by atoms with E-state index in [0.29, 0.717) is 22.9 Å². The Kier molecular flexibility index (Phi) is 3.63. The number of rotatable bonds is 3. The van der Waals surface area contributed by atoms with E-state index in [2.05, 4.69) is 4.98 Å². The van der Waals surface area contributed by atoms with Crippen molar-refractivity contribution >= 4 is 27.8 Å². The second-order valence-electron chi connectivity index (χ2n) is 6.65. The van der Waals surface area contributed by atoms with Gasteiger partial charge in [0.05, 0.1) is 7.11 Å². The Morgan fingerprint density at radius 3 is 2.78 bits per heavy atom. The number of nitrogens with zero attached hydrogens (tertiary/aromatic N) is 2. The number of hydrogen-bond donors (Lipinski definition) is 0. The zero-order valence-electron chi connectivity index (χ0n) is 14.9. The van der Waals surface area contributed by atoms with Crippen LogP contribution < -0.4 is 4.74 Å². The first-order chi connectivity index (χ1) is 13.3. The molecule has 0 atom stereocenters. The molecule has 27 heavy (non-hydrogen) atoms. The summed E-state index contributed by atoms with van der Waals surface area (Å²) in [7, 11) is 1.61. The summed E-state index contributed by atoms with van der Waals surface area (Å²) in [6.07, 6.45) is 3.52. The molecule has 0 saturated carbocycles. The van der Waals surface area contributed by atoms with E-state index in [1.807, 2.05) is 41.3 Å². The van der Waals surface area contributed by atoms with Crippen molar-refractivity contribution in [3.63, 3.8) is 0 Å². The first-order valence-electron chi connectivity index (χ1n) is 8.99. The van der Waals surface area contributed by atoms with Gasteiger partial charge in [0, 0.05) is 29.4 Å². The first kappa shape index (κ1) is 15.9. The molecule has 136 valence electrons. The van der Waals surface area contributed by atoms with Crippen LogP contribution in [0.25, 0.3) is 33.4 Å². The zero-order chi connectivity index (χ0) is 18.4. The molecule has 6 heteroatoms. The first-order valence-corrected chi connectivity index (χ1v) is 8.99. The van der Waals surface area contributed by atoms with Gasteiger partial charge in [0.15, 0.2) is 17.0 Å². The number of likely N-dealkylation sites (tertiary alicyclic amines) is 1. The number of hydrogen-bond acceptors (Lipinski definition) is 5. The van der Waals surface area contributed by atoms with Crippen LogP contribution in [0.2, 0.25) is 0 Å². The summed E-state index contributed by atoms with van der Waals surface area (Å²) in [5.41, 5.74) is 2.51. The van der Waals surface area contributed by atoms with Crippen molar-refractivity contribution in [1.82, 2.24) is 9.88 Å². The molecule has 0 bridgehead atoms. The minimum absolute atomic E-state index is 0.0793. The van der Waals surface area contributed by atoms with E-state index in [1.54, 1.807) is 7.11 Å². The zero-order valence-corrected chi connectivity index (χ0v) is 14.9. The average molecular weight is 362 g/mol. The van der Waals surface area contributed by atoms with E-state index in [9.17, 15) is 4.79 Å². The van der Waals surface area contributed by atoms with Crippen LogP contribution >= 0.6 is 0 Å². The van der Waals surface area contributed by atoms with Crippen LogP contribution in [-0.4, -0.2) is 36.0 Å². The lowest BCUT2D eigenvalue weighted by molar-refractivity contribution is 0.0787. The fourth-order valence-corrected chi connectivity index (χ4v) is 3.72. The van der Waals surface area contributed by atoms with Gasteiger partial charge in [-0.3, -0.25) is 4.79 Å². The van der Waals surface area contributed by atoms with Crippen molar-refractivity contribution in [2.45, 2.75) is 12.8 Å². The number of furan rings is 1. The second-order valence-corrected chi connectivity index (χ2v) is 6.65. The summed E-state index contributed by atoms with van der Waals surface area (Å²) in [6.45, 7) is 1.56. The Hall–Kier alpha value is -3.28. The van der Waals surface area contributed by atoms with E-state index >= 15 is 0 Å². The fraction of sp³-hybridized carbons (Fsp3) is 0.238. The lowest BCUT2D eigenvalue weighted by Gasteiger charge is -2.12. The third-order valence-electron chi connectivity index (χ3n) is 5.06. The van der Waals surface area contributed by atoms with Gasteiger partial charge in [-0.2, -0.15) is 0 Å². The number of fused-ring (bicyclic) bond motifs is 3. The maximum absolute atomic E-state index is 12.6. The van der Waals surface area contributed by atoms with E-state index in [4.69, 9.17) is 13.6 Å². The topological polar surface area (TPSA) is 68.7 Å². The Labute approximate surface area is 155 Å². The molecular weight excluding hydrogens is 344 g/mol. The van der Waals surface area contributed by atoms with Crippen LogP contribution in [0, 0.1) is 0 Å². The van der Waals surface area contributed by atoms with Crippen LogP contribution in [-0.2, 0) is 0 Å². The highest BCUT2D eigenvalue weighted by molar-refractivity contribution is 6.13. The Morgan fingerprint density at radius 2 is 1.96 bits per heavy atom. The van der Waals surface area contributed by atoms with Crippen LogP contribution in [0.1, 0.15) is 23.3 Å². The predicted molar refractivity (Wildman–Crippen MR) is 101 cm³/mol. The summed E-state index contributed by atoms with van der Waals surface area (Å²) in [5.74, 6) is 0.964. The minimum atomic E-state index is -0.0793. The molecule has 1 aliphatic rings. The van der Waals surface area contributed by atoms with Gasteiger partial charge in [-0.25, -0.2) is 4.98 Å². The predicted octanol–water partition coefficient (Wildman–Crippen LogP) is 4.49. The SMILES string of the molecule is COc1ccc(-c2nc(C(=O)N3CCCC3)co2)c2c1oc1ccccc12. The normalized spacial score (nSPS) is 14.3. The molecule has 1 amide bonds. The number of oxazole rings is 1. The molecule has 0 radical (unpaired) electrons. The number of amides is 1. The lowest BCUT2D eigenvalue weighted by Crippen LogP contribution is -2.27. The number of carbonyl (C=O) groups is 1. The maximum Gasteiger partial charge on any atom is 0.275 e. The van der Waals surface area contributed by atoms with Crippen molar-refractivity contribution < 1.29 is 18.4 Å². The van der Waals surface area contributed by atoms with Crippen molar-refractivity contribution in [1.29, 1.82) is 0 Å². The number of aromatic nitrogens is 1. The van der Waals surface area contributed by atoms with Crippen LogP contribution in [0.5, 0.6) is 5.75 Å². The van der Waals surface area contributed by atoms with Crippen LogP contribution in [0.15, 0.2) is 51.5 Å². The van der Waals surface area contributed by atoms with Crippen LogP contribution in [0.4, 0.5) is 0 Å². The largest absolute Gasteiger partial charge is 0.493 e.